The first-order valence-corrected chi connectivity index (χ1v) is 7.11. The Labute approximate surface area is 102 Å². The zero-order valence-electron chi connectivity index (χ0n) is 11.8. The lowest BCUT2D eigenvalue weighted by Gasteiger charge is -2.41. The molecule has 1 aliphatic carbocycles. The Kier molecular flexibility index (Phi) is 4.85. The maximum Gasteiger partial charge on any atom is -0.00204 e. The number of rotatable bonds is 4. The molecule has 2 N–H and O–H groups in total. The van der Waals surface area contributed by atoms with E-state index in [1.165, 1.54) is 44.9 Å². The SMILES string of the molecule is CCC1CCCC(CN)(CCC(C)(C)C)C1. The molecule has 1 heteroatoms. The summed E-state index contributed by atoms with van der Waals surface area (Å²) in [4.78, 5) is 0. The van der Waals surface area contributed by atoms with E-state index in [9.17, 15) is 0 Å². The van der Waals surface area contributed by atoms with Gasteiger partial charge in [0.15, 0.2) is 0 Å². The van der Waals surface area contributed by atoms with Crippen molar-refractivity contribution < 1.29 is 0 Å². The van der Waals surface area contributed by atoms with E-state index in [-0.39, 0.29) is 0 Å². The highest BCUT2D eigenvalue weighted by atomic mass is 14.6. The van der Waals surface area contributed by atoms with Crippen LogP contribution in [0.3, 0.4) is 0 Å². The van der Waals surface area contributed by atoms with E-state index < -0.39 is 0 Å². The molecule has 96 valence electrons. The van der Waals surface area contributed by atoms with Crippen LogP contribution in [0.1, 0.15) is 72.6 Å². The average Bonchev–Trinajstić information content (AvgIpc) is 2.26. The van der Waals surface area contributed by atoms with Crippen molar-refractivity contribution in [3.05, 3.63) is 0 Å². The van der Waals surface area contributed by atoms with Crippen LogP contribution < -0.4 is 5.73 Å². The Morgan fingerprint density at radius 2 is 2.00 bits per heavy atom. The molecule has 0 heterocycles. The van der Waals surface area contributed by atoms with Crippen molar-refractivity contribution in [1.29, 1.82) is 0 Å². The third kappa shape index (κ3) is 4.08. The monoisotopic (exact) mass is 225 g/mol. The van der Waals surface area contributed by atoms with Gasteiger partial charge in [-0.15, -0.1) is 0 Å². The molecule has 0 amide bonds. The second-order valence-electron chi connectivity index (χ2n) is 7.14. The summed E-state index contributed by atoms with van der Waals surface area (Å²) in [6.07, 6.45) is 9.60. The van der Waals surface area contributed by atoms with Gasteiger partial charge in [-0.2, -0.15) is 0 Å². The average molecular weight is 225 g/mol. The van der Waals surface area contributed by atoms with E-state index in [2.05, 4.69) is 27.7 Å². The number of hydrogen-bond acceptors (Lipinski definition) is 1. The van der Waals surface area contributed by atoms with E-state index in [0.717, 1.165) is 12.5 Å². The second kappa shape index (κ2) is 5.53. The highest BCUT2D eigenvalue weighted by molar-refractivity contribution is 4.88. The van der Waals surface area contributed by atoms with Crippen molar-refractivity contribution in [2.45, 2.75) is 72.6 Å². The molecule has 1 nitrogen and oxygen atoms in total. The van der Waals surface area contributed by atoms with E-state index in [1.807, 2.05) is 0 Å². The van der Waals surface area contributed by atoms with Gasteiger partial charge in [0.25, 0.3) is 0 Å². The van der Waals surface area contributed by atoms with Crippen molar-refractivity contribution in [1.82, 2.24) is 0 Å². The molecule has 0 aliphatic heterocycles. The molecule has 1 rings (SSSR count). The molecule has 2 atom stereocenters. The highest BCUT2D eigenvalue weighted by Crippen LogP contribution is 2.44. The summed E-state index contributed by atoms with van der Waals surface area (Å²) in [6.45, 7) is 10.3. The van der Waals surface area contributed by atoms with Crippen LogP contribution in [0.2, 0.25) is 0 Å². The van der Waals surface area contributed by atoms with Crippen LogP contribution in [-0.2, 0) is 0 Å². The van der Waals surface area contributed by atoms with Crippen molar-refractivity contribution in [3.8, 4) is 0 Å². The fourth-order valence-corrected chi connectivity index (χ4v) is 3.09. The predicted octanol–water partition coefficient (Wildman–Crippen LogP) is 4.36. The topological polar surface area (TPSA) is 26.0 Å². The minimum atomic E-state index is 0.460. The molecule has 0 spiro atoms. The first kappa shape index (κ1) is 14.0. The Balaban J connectivity index is 2.55. The van der Waals surface area contributed by atoms with Gasteiger partial charge in [-0.25, -0.2) is 0 Å². The van der Waals surface area contributed by atoms with Gasteiger partial charge in [0, 0.05) is 0 Å². The molecule has 16 heavy (non-hydrogen) atoms. The summed E-state index contributed by atoms with van der Waals surface area (Å²) < 4.78 is 0. The first-order valence-electron chi connectivity index (χ1n) is 7.11. The maximum absolute atomic E-state index is 6.08. The minimum Gasteiger partial charge on any atom is -0.330 e. The molecule has 1 aliphatic rings. The molecule has 0 radical (unpaired) electrons. The fraction of sp³-hybridized carbons (Fsp3) is 1.00. The Morgan fingerprint density at radius 3 is 2.50 bits per heavy atom. The largest absolute Gasteiger partial charge is 0.330 e. The fourth-order valence-electron chi connectivity index (χ4n) is 3.09. The van der Waals surface area contributed by atoms with Crippen LogP contribution in [0.25, 0.3) is 0 Å². The molecular formula is C15H31N. The van der Waals surface area contributed by atoms with Crippen LogP contribution in [0.4, 0.5) is 0 Å². The van der Waals surface area contributed by atoms with Crippen LogP contribution in [0.15, 0.2) is 0 Å². The van der Waals surface area contributed by atoms with Gasteiger partial charge in [0.05, 0.1) is 0 Å². The van der Waals surface area contributed by atoms with Gasteiger partial charge in [-0.1, -0.05) is 47.0 Å². The molecular weight excluding hydrogens is 194 g/mol. The molecule has 1 fully saturated rings. The van der Waals surface area contributed by atoms with E-state index in [1.54, 1.807) is 0 Å². The normalized spacial score (nSPS) is 31.7. The zero-order valence-corrected chi connectivity index (χ0v) is 11.8. The molecule has 2 unspecified atom stereocenters. The third-order valence-electron chi connectivity index (χ3n) is 4.46. The first-order chi connectivity index (χ1) is 7.41. The predicted molar refractivity (Wildman–Crippen MR) is 72.4 cm³/mol. The molecule has 0 saturated heterocycles. The third-order valence-corrected chi connectivity index (χ3v) is 4.46. The van der Waals surface area contributed by atoms with Crippen molar-refractivity contribution in [2.24, 2.45) is 22.5 Å². The Hall–Kier alpha value is -0.0400. The summed E-state index contributed by atoms with van der Waals surface area (Å²) in [5.41, 5.74) is 7.02. The van der Waals surface area contributed by atoms with Crippen LogP contribution in [0.5, 0.6) is 0 Å². The highest BCUT2D eigenvalue weighted by Gasteiger charge is 2.35. The second-order valence-corrected chi connectivity index (χ2v) is 7.14. The van der Waals surface area contributed by atoms with Crippen molar-refractivity contribution in [2.75, 3.05) is 6.54 Å². The lowest BCUT2D eigenvalue weighted by atomic mass is 9.65. The van der Waals surface area contributed by atoms with Gasteiger partial charge < -0.3 is 5.73 Å². The van der Waals surface area contributed by atoms with Crippen molar-refractivity contribution in [3.63, 3.8) is 0 Å². The number of hydrogen-bond donors (Lipinski definition) is 1. The lowest BCUT2D eigenvalue weighted by Crippen LogP contribution is -2.36. The quantitative estimate of drug-likeness (QED) is 0.756. The molecule has 0 aromatic rings. The lowest BCUT2D eigenvalue weighted by molar-refractivity contribution is 0.113. The van der Waals surface area contributed by atoms with Gasteiger partial charge in [0.2, 0.25) is 0 Å². The zero-order chi connectivity index (χ0) is 12.2. The van der Waals surface area contributed by atoms with Gasteiger partial charge >= 0.3 is 0 Å². The van der Waals surface area contributed by atoms with Crippen LogP contribution in [0, 0.1) is 16.7 Å². The standard InChI is InChI=1S/C15H31N/c1-5-13-7-6-8-15(11-13,12-16)10-9-14(2,3)4/h13H,5-12,16H2,1-4H3. The van der Waals surface area contributed by atoms with Crippen molar-refractivity contribution >= 4 is 0 Å². The summed E-state index contributed by atoms with van der Waals surface area (Å²) in [5.74, 6) is 0.942. The molecule has 0 aromatic carbocycles. The summed E-state index contributed by atoms with van der Waals surface area (Å²) >= 11 is 0. The van der Waals surface area contributed by atoms with E-state index in [4.69, 9.17) is 5.73 Å². The van der Waals surface area contributed by atoms with Crippen LogP contribution >= 0.6 is 0 Å². The summed E-state index contributed by atoms with van der Waals surface area (Å²) in [6, 6.07) is 0. The molecule has 0 bridgehead atoms. The van der Waals surface area contributed by atoms with Crippen LogP contribution in [-0.4, -0.2) is 6.54 Å². The van der Waals surface area contributed by atoms with Gasteiger partial charge in [0.1, 0.15) is 0 Å². The summed E-state index contributed by atoms with van der Waals surface area (Å²) in [5, 5.41) is 0. The Bertz CT molecular complexity index is 204. The van der Waals surface area contributed by atoms with Gasteiger partial charge in [-0.05, 0) is 49.0 Å². The van der Waals surface area contributed by atoms with E-state index >= 15 is 0 Å². The van der Waals surface area contributed by atoms with Gasteiger partial charge in [-0.3, -0.25) is 0 Å². The number of nitrogens with two attached hydrogens (primary N) is 1. The molecule has 0 aromatic heterocycles. The summed E-state index contributed by atoms with van der Waals surface area (Å²) in [7, 11) is 0. The smallest absolute Gasteiger partial charge is 0.00204 e. The minimum absolute atomic E-state index is 0.460. The van der Waals surface area contributed by atoms with E-state index in [0.29, 0.717) is 10.8 Å². The molecule has 1 saturated carbocycles. The Morgan fingerprint density at radius 1 is 1.31 bits per heavy atom. The maximum atomic E-state index is 6.08.